The maximum atomic E-state index is 12.9. The minimum absolute atomic E-state index is 0.306. The molecule has 0 spiro atoms. The Labute approximate surface area is 104 Å². The van der Waals surface area contributed by atoms with Crippen molar-refractivity contribution in [2.45, 2.75) is 6.92 Å². The van der Waals surface area contributed by atoms with Gasteiger partial charge in [-0.05, 0) is 42.8 Å². The van der Waals surface area contributed by atoms with Crippen LogP contribution in [0, 0.1) is 24.1 Å². The van der Waals surface area contributed by atoms with E-state index in [0.717, 1.165) is 0 Å². The first-order valence-electron chi connectivity index (χ1n) is 5.34. The van der Waals surface area contributed by atoms with Gasteiger partial charge in [0.05, 0.1) is 11.3 Å². The van der Waals surface area contributed by atoms with Crippen LogP contribution in [0.4, 0.5) is 10.1 Å². The Morgan fingerprint density at radius 3 is 2.61 bits per heavy atom. The lowest BCUT2D eigenvalue weighted by atomic mass is 10.2. The molecule has 0 aliphatic carbocycles. The summed E-state index contributed by atoms with van der Waals surface area (Å²) < 4.78 is 18.5. The number of nitriles is 1. The number of halogens is 1. The second-order valence-corrected chi connectivity index (χ2v) is 3.87. The standard InChI is InChI=1S/C14H11FN2O/c1-9-6-11(15)3-5-14(9)18-12-4-2-10(8-16)13(17)7-12/h2-7H,17H2,1H3. The number of hydrogen-bond acceptors (Lipinski definition) is 3. The summed E-state index contributed by atoms with van der Waals surface area (Å²) in [5.74, 6) is 0.765. The predicted molar refractivity (Wildman–Crippen MR) is 66.8 cm³/mol. The van der Waals surface area contributed by atoms with Gasteiger partial charge in [0.1, 0.15) is 23.4 Å². The van der Waals surface area contributed by atoms with Gasteiger partial charge >= 0.3 is 0 Å². The summed E-state index contributed by atoms with van der Waals surface area (Å²) in [6.45, 7) is 1.76. The Kier molecular flexibility index (Phi) is 3.16. The average Bonchev–Trinajstić information content (AvgIpc) is 2.33. The summed E-state index contributed by atoms with van der Waals surface area (Å²) in [4.78, 5) is 0. The zero-order chi connectivity index (χ0) is 13.1. The lowest BCUT2D eigenvalue weighted by Gasteiger charge is -2.09. The van der Waals surface area contributed by atoms with Crippen molar-refractivity contribution in [3.8, 4) is 17.6 Å². The zero-order valence-electron chi connectivity index (χ0n) is 9.77. The molecule has 4 heteroatoms. The summed E-state index contributed by atoms with van der Waals surface area (Å²) in [7, 11) is 0. The minimum atomic E-state index is -0.306. The topological polar surface area (TPSA) is 59.0 Å². The Bertz CT molecular complexity index is 632. The molecule has 0 saturated heterocycles. The summed E-state index contributed by atoms with van der Waals surface area (Å²) >= 11 is 0. The van der Waals surface area contributed by atoms with Gasteiger partial charge in [-0.1, -0.05) is 0 Å². The van der Waals surface area contributed by atoms with Crippen LogP contribution in [0.2, 0.25) is 0 Å². The largest absolute Gasteiger partial charge is 0.457 e. The van der Waals surface area contributed by atoms with E-state index in [4.69, 9.17) is 15.7 Å². The molecule has 18 heavy (non-hydrogen) atoms. The van der Waals surface area contributed by atoms with Gasteiger partial charge in [0.2, 0.25) is 0 Å². The third-order valence-corrected chi connectivity index (χ3v) is 2.51. The summed E-state index contributed by atoms with van der Waals surface area (Å²) in [6.07, 6.45) is 0. The number of hydrogen-bond donors (Lipinski definition) is 1. The van der Waals surface area contributed by atoms with E-state index in [0.29, 0.717) is 28.3 Å². The molecule has 0 fully saturated rings. The molecule has 0 heterocycles. The van der Waals surface area contributed by atoms with Crippen molar-refractivity contribution in [1.29, 1.82) is 5.26 Å². The van der Waals surface area contributed by atoms with Crippen LogP contribution in [0.3, 0.4) is 0 Å². The van der Waals surface area contributed by atoms with Crippen molar-refractivity contribution < 1.29 is 9.13 Å². The zero-order valence-corrected chi connectivity index (χ0v) is 9.77. The van der Waals surface area contributed by atoms with E-state index in [9.17, 15) is 4.39 Å². The molecule has 0 saturated carbocycles. The molecule has 2 aromatic rings. The van der Waals surface area contributed by atoms with Crippen LogP contribution in [0.15, 0.2) is 36.4 Å². The fourth-order valence-electron chi connectivity index (χ4n) is 1.56. The second-order valence-electron chi connectivity index (χ2n) is 3.87. The van der Waals surface area contributed by atoms with Crippen molar-refractivity contribution in [2.75, 3.05) is 5.73 Å². The van der Waals surface area contributed by atoms with Gasteiger partial charge in [-0.25, -0.2) is 4.39 Å². The van der Waals surface area contributed by atoms with Gasteiger partial charge < -0.3 is 10.5 Å². The molecule has 90 valence electrons. The fourth-order valence-corrected chi connectivity index (χ4v) is 1.56. The van der Waals surface area contributed by atoms with Crippen molar-refractivity contribution in [3.63, 3.8) is 0 Å². The van der Waals surface area contributed by atoms with Gasteiger partial charge in [-0.15, -0.1) is 0 Å². The van der Waals surface area contributed by atoms with Crippen LogP contribution in [-0.4, -0.2) is 0 Å². The molecule has 0 aliphatic rings. The molecular weight excluding hydrogens is 231 g/mol. The predicted octanol–water partition coefficient (Wildman–Crippen LogP) is 3.38. The second kappa shape index (κ2) is 4.76. The number of benzene rings is 2. The quantitative estimate of drug-likeness (QED) is 0.821. The highest BCUT2D eigenvalue weighted by Crippen LogP contribution is 2.27. The molecule has 0 bridgehead atoms. The molecule has 0 amide bonds. The third-order valence-electron chi connectivity index (χ3n) is 2.51. The van der Waals surface area contributed by atoms with Crippen molar-refractivity contribution >= 4 is 5.69 Å². The summed E-state index contributed by atoms with van der Waals surface area (Å²) in [6, 6.07) is 11.1. The normalized spacial score (nSPS) is 9.83. The lowest BCUT2D eigenvalue weighted by molar-refractivity contribution is 0.477. The molecular formula is C14H11FN2O. The van der Waals surface area contributed by atoms with Gasteiger partial charge in [-0.3, -0.25) is 0 Å². The maximum absolute atomic E-state index is 12.9. The average molecular weight is 242 g/mol. The van der Waals surface area contributed by atoms with E-state index in [1.54, 1.807) is 31.2 Å². The van der Waals surface area contributed by atoms with E-state index in [1.165, 1.54) is 12.1 Å². The highest BCUT2D eigenvalue weighted by Gasteiger charge is 2.05. The SMILES string of the molecule is Cc1cc(F)ccc1Oc1ccc(C#N)c(N)c1. The van der Waals surface area contributed by atoms with Crippen LogP contribution in [0.5, 0.6) is 11.5 Å². The van der Waals surface area contributed by atoms with Gasteiger partial charge in [0.25, 0.3) is 0 Å². The highest BCUT2D eigenvalue weighted by atomic mass is 19.1. The van der Waals surface area contributed by atoms with Crippen LogP contribution < -0.4 is 10.5 Å². The fraction of sp³-hybridized carbons (Fsp3) is 0.0714. The molecule has 0 unspecified atom stereocenters. The Balaban J connectivity index is 2.29. The Morgan fingerprint density at radius 2 is 2.00 bits per heavy atom. The number of rotatable bonds is 2. The number of ether oxygens (including phenoxy) is 1. The first-order chi connectivity index (χ1) is 8.60. The van der Waals surface area contributed by atoms with Crippen LogP contribution in [0.25, 0.3) is 0 Å². The van der Waals surface area contributed by atoms with E-state index in [1.807, 2.05) is 6.07 Å². The maximum Gasteiger partial charge on any atom is 0.130 e. The number of nitrogens with zero attached hydrogens (tertiary/aromatic N) is 1. The van der Waals surface area contributed by atoms with Crippen LogP contribution in [-0.2, 0) is 0 Å². The number of nitrogens with two attached hydrogens (primary N) is 1. The van der Waals surface area contributed by atoms with Gasteiger partial charge in [0, 0.05) is 6.07 Å². The summed E-state index contributed by atoms with van der Waals surface area (Å²) in [5, 5.41) is 8.76. The van der Waals surface area contributed by atoms with E-state index in [-0.39, 0.29) is 5.82 Å². The monoisotopic (exact) mass is 242 g/mol. The van der Waals surface area contributed by atoms with Crippen molar-refractivity contribution in [3.05, 3.63) is 53.3 Å². The Hall–Kier alpha value is -2.54. The van der Waals surface area contributed by atoms with E-state index in [2.05, 4.69) is 0 Å². The molecule has 2 aromatic carbocycles. The molecule has 0 aliphatic heterocycles. The third kappa shape index (κ3) is 2.41. The smallest absolute Gasteiger partial charge is 0.130 e. The van der Waals surface area contributed by atoms with Gasteiger partial charge in [0.15, 0.2) is 0 Å². The van der Waals surface area contributed by atoms with Gasteiger partial charge in [-0.2, -0.15) is 5.26 Å². The number of nitrogen functional groups attached to an aromatic ring is 1. The molecule has 0 atom stereocenters. The van der Waals surface area contributed by atoms with Crippen molar-refractivity contribution in [2.24, 2.45) is 0 Å². The number of aryl methyl sites for hydroxylation is 1. The molecule has 0 aromatic heterocycles. The van der Waals surface area contributed by atoms with Crippen molar-refractivity contribution in [1.82, 2.24) is 0 Å². The van der Waals surface area contributed by atoms with E-state index >= 15 is 0 Å². The van der Waals surface area contributed by atoms with Crippen LogP contribution in [0.1, 0.15) is 11.1 Å². The first kappa shape index (κ1) is 11.9. The molecule has 0 radical (unpaired) electrons. The lowest BCUT2D eigenvalue weighted by Crippen LogP contribution is -1.93. The van der Waals surface area contributed by atoms with E-state index < -0.39 is 0 Å². The minimum Gasteiger partial charge on any atom is -0.457 e. The highest BCUT2D eigenvalue weighted by molar-refractivity contribution is 5.57. The molecule has 2 rings (SSSR count). The molecule has 3 nitrogen and oxygen atoms in total. The van der Waals surface area contributed by atoms with Crippen LogP contribution >= 0.6 is 0 Å². The molecule has 2 N–H and O–H groups in total. The number of anilines is 1. The Morgan fingerprint density at radius 1 is 1.22 bits per heavy atom. The first-order valence-corrected chi connectivity index (χ1v) is 5.34. The summed E-state index contributed by atoms with van der Waals surface area (Å²) in [5.41, 5.74) is 7.14.